The van der Waals surface area contributed by atoms with E-state index in [4.69, 9.17) is 13.6 Å². The van der Waals surface area contributed by atoms with Gasteiger partial charge in [0.2, 0.25) is 8.32 Å². The molecule has 4 aliphatic carbocycles. The zero-order chi connectivity index (χ0) is 31.1. The summed E-state index contributed by atoms with van der Waals surface area (Å²) in [6.45, 7) is 33.1. The van der Waals surface area contributed by atoms with Crippen LogP contribution in [0.3, 0.4) is 0 Å². The van der Waals surface area contributed by atoms with Gasteiger partial charge in [0.1, 0.15) is 5.78 Å². The van der Waals surface area contributed by atoms with Crippen LogP contribution in [0.1, 0.15) is 115 Å². The van der Waals surface area contributed by atoms with Crippen molar-refractivity contribution >= 4 is 22.4 Å². The fourth-order valence-corrected chi connectivity index (χ4v) is 16.9. The lowest BCUT2D eigenvalue weighted by atomic mass is 9.55. The predicted molar refractivity (Wildman–Crippen MR) is 176 cm³/mol. The van der Waals surface area contributed by atoms with Crippen LogP contribution in [0.2, 0.25) is 34.8 Å². The van der Waals surface area contributed by atoms with E-state index < -0.39 is 16.6 Å². The van der Waals surface area contributed by atoms with Gasteiger partial charge >= 0.3 is 0 Å². The smallest absolute Gasteiger partial charge is 0.201 e. The Balaban J connectivity index is 1.74. The van der Waals surface area contributed by atoms with Crippen molar-refractivity contribution in [3.8, 4) is 0 Å². The molecule has 3 fully saturated rings. The minimum atomic E-state index is -2.04. The van der Waals surface area contributed by atoms with Gasteiger partial charge in [-0.05, 0) is 90.2 Å². The van der Waals surface area contributed by atoms with E-state index in [2.05, 4.69) is 96.2 Å². The summed E-state index contributed by atoms with van der Waals surface area (Å²) < 4.78 is 21.4. The van der Waals surface area contributed by atoms with E-state index in [1.165, 1.54) is 11.1 Å². The third-order valence-electron chi connectivity index (χ3n) is 13.2. The lowest BCUT2D eigenvalue weighted by Gasteiger charge is -2.55. The number of carbonyl (C=O) groups is 1. The summed E-state index contributed by atoms with van der Waals surface area (Å²) in [5, 5.41) is 0.141. The molecule has 4 rings (SSSR count). The Hall–Kier alpha value is -0.276. The third kappa shape index (κ3) is 5.36. The van der Waals surface area contributed by atoms with E-state index in [1.807, 2.05) is 7.11 Å². The molecular weight excluding hydrogens is 541 g/mol. The van der Waals surface area contributed by atoms with E-state index >= 15 is 0 Å². The molecule has 6 heteroatoms. The SMILES string of the molecule is CO[C@H]1[C@H]2[C@H](CC[C@]3(O[Si](C(C)C)(C(C)C)C(C)C)C[C@H]23)C(=O)CC2=C(C)[C@@H](O[Si](C)(C)C(C)(C)C)C[C@@H]1C2(C)C. The lowest BCUT2D eigenvalue weighted by Crippen LogP contribution is -2.57. The molecule has 4 aliphatic rings. The first-order chi connectivity index (χ1) is 18.7. The number of ether oxygens (including phenoxy) is 1. The highest BCUT2D eigenvalue weighted by atomic mass is 28.4. The fourth-order valence-electron chi connectivity index (χ4n) is 9.77. The van der Waals surface area contributed by atoms with Crippen molar-refractivity contribution in [3.05, 3.63) is 11.1 Å². The van der Waals surface area contributed by atoms with Crippen LogP contribution in [0.5, 0.6) is 0 Å². The number of fused-ring (bicyclic) bond motifs is 5. The molecule has 0 aromatic rings. The molecule has 2 bridgehead atoms. The minimum absolute atomic E-state index is 0.0388. The molecule has 3 saturated carbocycles. The highest BCUT2D eigenvalue weighted by Crippen LogP contribution is 2.67. The van der Waals surface area contributed by atoms with E-state index in [1.54, 1.807) is 0 Å². The molecule has 0 radical (unpaired) electrons. The molecule has 0 aromatic heterocycles. The minimum Gasteiger partial charge on any atom is -0.410 e. The van der Waals surface area contributed by atoms with E-state index in [-0.39, 0.29) is 40.1 Å². The Morgan fingerprint density at radius 2 is 1.51 bits per heavy atom. The normalized spacial score (nSPS) is 35.9. The number of methoxy groups -OCH3 is 1. The van der Waals surface area contributed by atoms with Crippen LogP contribution in [-0.2, 0) is 18.4 Å². The van der Waals surface area contributed by atoms with Gasteiger partial charge < -0.3 is 13.6 Å². The molecule has 41 heavy (non-hydrogen) atoms. The Morgan fingerprint density at radius 3 is 2.00 bits per heavy atom. The Kier molecular flexibility index (Phi) is 8.99. The summed E-state index contributed by atoms with van der Waals surface area (Å²) in [7, 11) is -2.12. The first-order valence-corrected chi connectivity index (χ1v) is 21.9. The van der Waals surface area contributed by atoms with Crippen molar-refractivity contribution in [2.75, 3.05) is 7.11 Å². The van der Waals surface area contributed by atoms with Crippen LogP contribution in [0, 0.1) is 29.1 Å². The number of carbonyl (C=O) groups excluding carboxylic acids is 1. The van der Waals surface area contributed by atoms with Crippen LogP contribution >= 0.6 is 0 Å². The summed E-state index contributed by atoms with van der Waals surface area (Å²) in [5.41, 5.74) is 4.18. The summed E-state index contributed by atoms with van der Waals surface area (Å²) >= 11 is 0. The van der Waals surface area contributed by atoms with E-state index in [9.17, 15) is 4.79 Å². The molecule has 0 spiro atoms. The molecule has 4 nitrogen and oxygen atoms in total. The van der Waals surface area contributed by atoms with Gasteiger partial charge in [0, 0.05) is 25.4 Å². The van der Waals surface area contributed by atoms with Gasteiger partial charge in [-0.3, -0.25) is 4.79 Å². The second-order valence-electron chi connectivity index (χ2n) is 17.5. The number of hydrogen-bond acceptors (Lipinski definition) is 4. The summed E-state index contributed by atoms with van der Waals surface area (Å²) in [5.74, 6) is 1.49. The summed E-state index contributed by atoms with van der Waals surface area (Å²) in [4.78, 5) is 14.3. The van der Waals surface area contributed by atoms with Crippen molar-refractivity contribution < 1.29 is 18.4 Å². The Labute approximate surface area is 255 Å². The second kappa shape index (κ2) is 11.0. The fraction of sp³-hybridized carbons (Fsp3) is 0.914. The first kappa shape index (κ1) is 33.6. The maximum Gasteiger partial charge on any atom is 0.201 e. The molecule has 0 amide bonds. The predicted octanol–water partition coefficient (Wildman–Crippen LogP) is 9.70. The number of Topliss-reactive ketones (excluding diaryl/α,β-unsaturated/α-hetero) is 1. The molecule has 0 saturated heterocycles. The van der Waals surface area contributed by atoms with Crippen LogP contribution in [0.25, 0.3) is 0 Å². The Morgan fingerprint density at radius 1 is 0.951 bits per heavy atom. The van der Waals surface area contributed by atoms with Crippen molar-refractivity contribution in [2.45, 2.75) is 168 Å². The molecule has 0 aliphatic heterocycles. The van der Waals surface area contributed by atoms with Crippen LogP contribution < -0.4 is 0 Å². The van der Waals surface area contributed by atoms with Crippen LogP contribution in [0.4, 0.5) is 0 Å². The summed E-state index contributed by atoms with van der Waals surface area (Å²) in [6, 6.07) is 0. The van der Waals surface area contributed by atoms with Crippen LogP contribution in [-0.4, -0.2) is 47.3 Å². The third-order valence-corrected chi connectivity index (χ3v) is 23.8. The highest BCUT2D eigenvalue weighted by Gasteiger charge is 2.69. The van der Waals surface area contributed by atoms with E-state index in [0.717, 1.165) is 25.7 Å². The van der Waals surface area contributed by atoms with Crippen molar-refractivity contribution in [1.29, 1.82) is 0 Å². The quantitative estimate of drug-likeness (QED) is 0.204. The Bertz CT molecular complexity index is 1010. The van der Waals surface area contributed by atoms with Gasteiger partial charge in [0.05, 0.1) is 17.8 Å². The molecular formula is C35H64O4Si2. The maximum atomic E-state index is 14.3. The lowest BCUT2D eigenvalue weighted by molar-refractivity contribution is -0.139. The average molecular weight is 605 g/mol. The van der Waals surface area contributed by atoms with Crippen molar-refractivity contribution in [2.24, 2.45) is 29.1 Å². The highest BCUT2D eigenvalue weighted by molar-refractivity contribution is 6.77. The van der Waals surface area contributed by atoms with Gasteiger partial charge in [0.25, 0.3) is 0 Å². The topological polar surface area (TPSA) is 44.8 Å². The van der Waals surface area contributed by atoms with Gasteiger partial charge in [-0.1, -0.05) is 81.7 Å². The molecule has 0 unspecified atom stereocenters. The molecule has 236 valence electrons. The molecule has 0 aromatic carbocycles. The van der Waals surface area contributed by atoms with Gasteiger partial charge in [-0.2, -0.15) is 0 Å². The zero-order valence-electron chi connectivity index (χ0n) is 29.4. The monoisotopic (exact) mass is 604 g/mol. The van der Waals surface area contributed by atoms with Crippen molar-refractivity contribution in [1.82, 2.24) is 0 Å². The average Bonchev–Trinajstić information content (AvgIpc) is 3.56. The van der Waals surface area contributed by atoms with E-state index in [0.29, 0.717) is 40.7 Å². The summed E-state index contributed by atoms with van der Waals surface area (Å²) in [6.07, 6.45) is 4.74. The molecule has 0 heterocycles. The van der Waals surface area contributed by atoms with Gasteiger partial charge in [-0.25, -0.2) is 0 Å². The molecule has 7 atom stereocenters. The standard InChI is InChI=1S/C35H64O4Si2/c1-21(2)41(22(3)4,23(5)6)39-35-17-16-25-29(36)18-26-24(7)30(38-40(14,15)33(8,9)10)19-27(34(26,11)12)32(37-13)31(25)28(35)20-35/h21-23,25,27-28,30-32H,16-20H2,1-15H3/t25-,27+,28-,30+,31+,32-,35+/m1/s1. The second-order valence-corrected chi connectivity index (χ2v) is 27.6. The first-order valence-electron chi connectivity index (χ1n) is 16.8. The van der Waals surface area contributed by atoms with Crippen molar-refractivity contribution in [3.63, 3.8) is 0 Å². The largest absolute Gasteiger partial charge is 0.410 e. The number of allylic oxidation sites excluding steroid dienone is 1. The maximum absolute atomic E-state index is 14.3. The number of rotatable bonds is 8. The van der Waals surface area contributed by atoms with Gasteiger partial charge in [0.15, 0.2) is 8.32 Å². The number of hydrogen-bond donors (Lipinski definition) is 0. The number of ketones is 1. The van der Waals surface area contributed by atoms with Crippen LogP contribution in [0.15, 0.2) is 11.1 Å². The zero-order valence-corrected chi connectivity index (χ0v) is 31.4. The molecule has 0 N–H and O–H groups in total. The van der Waals surface area contributed by atoms with Gasteiger partial charge in [-0.15, -0.1) is 0 Å².